The fraction of sp³-hybridized carbons (Fsp3) is 0.571. The van der Waals surface area contributed by atoms with Crippen molar-refractivity contribution in [2.24, 2.45) is 5.92 Å². The number of aromatic nitrogens is 1. The second kappa shape index (κ2) is 5.65. The third-order valence-corrected chi connectivity index (χ3v) is 3.98. The van der Waals surface area contributed by atoms with E-state index in [0.717, 1.165) is 12.1 Å². The predicted octanol–water partition coefficient (Wildman–Crippen LogP) is 2.47. The van der Waals surface area contributed by atoms with Gasteiger partial charge in [-0.15, -0.1) is 0 Å². The summed E-state index contributed by atoms with van der Waals surface area (Å²) in [6, 6.07) is 1.72. The van der Waals surface area contributed by atoms with E-state index in [9.17, 15) is 9.18 Å². The average molecular weight is 266 g/mol. The summed E-state index contributed by atoms with van der Waals surface area (Å²) >= 11 is 0. The van der Waals surface area contributed by atoms with Gasteiger partial charge in [-0.3, -0.25) is 14.7 Å². The zero-order valence-electron chi connectivity index (χ0n) is 11.2. The smallest absolute Gasteiger partial charge is 0.306 e. The molecule has 0 radical (unpaired) electrons. The number of aliphatic carboxylic acids is 1. The highest BCUT2D eigenvalue weighted by Crippen LogP contribution is 2.30. The summed E-state index contributed by atoms with van der Waals surface area (Å²) in [5, 5.41) is 9.06. The molecule has 1 saturated heterocycles. The number of rotatable bonds is 3. The maximum Gasteiger partial charge on any atom is 0.306 e. The Balaban J connectivity index is 2.08. The van der Waals surface area contributed by atoms with Gasteiger partial charge in [0.15, 0.2) is 0 Å². The van der Waals surface area contributed by atoms with E-state index in [0.29, 0.717) is 12.8 Å². The number of carboxylic acids is 1. The number of likely N-dealkylation sites (tertiary alicyclic amines) is 1. The van der Waals surface area contributed by atoms with Crippen LogP contribution in [0.25, 0.3) is 0 Å². The quantitative estimate of drug-likeness (QED) is 0.913. The van der Waals surface area contributed by atoms with Gasteiger partial charge in [0.1, 0.15) is 5.82 Å². The van der Waals surface area contributed by atoms with Crippen molar-refractivity contribution in [2.45, 2.75) is 38.8 Å². The molecule has 0 amide bonds. The van der Waals surface area contributed by atoms with E-state index in [1.165, 1.54) is 12.3 Å². The molecule has 2 heterocycles. The molecule has 0 aromatic carbocycles. The molecule has 2 rings (SSSR count). The van der Waals surface area contributed by atoms with Gasteiger partial charge in [0, 0.05) is 18.3 Å². The van der Waals surface area contributed by atoms with Crippen LogP contribution < -0.4 is 0 Å². The molecule has 4 nitrogen and oxygen atoms in total. The van der Waals surface area contributed by atoms with Gasteiger partial charge >= 0.3 is 5.97 Å². The van der Waals surface area contributed by atoms with Crippen molar-refractivity contribution in [3.63, 3.8) is 0 Å². The first-order chi connectivity index (χ1) is 8.99. The minimum atomic E-state index is -0.716. The molecule has 1 aliphatic rings. The van der Waals surface area contributed by atoms with Crippen molar-refractivity contribution in [2.75, 3.05) is 6.54 Å². The Morgan fingerprint density at radius 2 is 2.32 bits per heavy atom. The Kier molecular flexibility index (Phi) is 4.14. The van der Waals surface area contributed by atoms with E-state index >= 15 is 0 Å². The summed E-state index contributed by atoms with van der Waals surface area (Å²) in [4.78, 5) is 17.1. The van der Waals surface area contributed by atoms with E-state index in [1.54, 1.807) is 6.20 Å². The monoisotopic (exact) mass is 266 g/mol. The first-order valence-corrected chi connectivity index (χ1v) is 6.58. The first kappa shape index (κ1) is 13.9. The molecule has 5 heteroatoms. The van der Waals surface area contributed by atoms with Crippen molar-refractivity contribution >= 4 is 5.97 Å². The second-order valence-electron chi connectivity index (χ2n) is 5.26. The Hall–Kier alpha value is -1.49. The zero-order valence-corrected chi connectivity index (χ0v) is 11.2. The Labute approximate surface area is 112 Å². The van der Waals surface area contributed by atoms with Crippen molar-refractivity contribution in [1.29, 1.82) is 0 Å². The van der Waals surface area contributed by atoms with Crippen molar-refractivity contribution < 1.29 is 14.3 Å². The molecule has 104 valence electrons. The fourth-order valence-corrected chi connectivity index (χ4v) is 2.84. The molecule has 0 saturated carbocycles. The maximum absolute atomic E-state index is 13.2. The lowest BCUT2D eigenvalue weighted by Crippen LogP contribution is -2.43. The molecular weight excluding hydrogens is 247 g/mol. The highest BCUT2D eigenvalue weighted by atomic mass is 19.1. The molecule has 19 heavy (non-hydrogen) atoms. The molecule has 3 atom stereocenters. The van der Waals surface area contributed by atoms with Gasteiger partial charge in [-0.25, -0.2) is 4.39 Å². The number of carboxylic acid groups (broad SMARTS) is 1. The largest absolute Gasteiger partial charge is 0.481 e. The normalized spacial score (nSPS) is 26.1. The van der Waals surface area contributed by atoms with E-state index in [2.05, 4.69) is 9.88 Å². The number of hydrogen-bond acceptors (Lipinski definition) is 3. The topological polar surface area (TPSA) is 53.4 Å². The molecule has 1 N–H and O–H groups in total. The fourth-order valence-electron chi connectivity index (χ4n) is 2.84. The van der Waals surface area contributed by atoms with Crippen molar-refractivity contribution in [3.8, 4) is 0 Å². The predicted molar refractivity (Wildman–Crippen MR) is 69.1 cm³/mol. The number of piperidine rings is 1. The summed E-state index contributed by atoms with van der Waals surface area (Å²) in [6.07, 6.45) is 4.15. The van der Waals surface area contributed by atoms with Crippen molar-refractivity contribution in [1.82, 2.24) is 9.88 Å². The maximum atomic E-state index is 13.2. The van der Waals surface area contributed by atoms with Gasteiger partial charge in [-0.1, -0.05) is 0 Å². The van der Waals surface area contributed by atoms with Gasteiger partial charge in [0.25, 0.3) is 0 Å². The van der Waals surface area contributed by atoms with Crippen LogP contribution in [0, 0.1) is 11.7 Å². The van der Waals surface area contributed by atoms with Gasteiger partial charge in [-0.05, 0) is 44.9 Å². The third kappa shape index (κ3) is 3.10. The molecule has 1 fully saturated rings. The molecule has 1 aromatic heterocycles. The Morgan fingerprint density at radius 1 is 1.58 bits per heavy atom. The second-order valence-corrected chi connectivity index (χ2v) is 5.26. The van der Waals surface area contributed by atoms with Gasteiger partial charge in [0.05, 0.1) is 12.1 Å². The molecular formula is C14H19FN2O2. The summed E-state index contributed by atoms with van der Waals surface area (Å²) in [5.41, 5.74) is 0.834. The molecule has 3 unspecified atom stereocenters. The lowest BCUT2D eigenvalue weighted by molar-refractivity contribution is -0.144. The highest BCUT2D eigenvalue weighted by molar-refractivity contribution is 5.70. The van der Waals surface area contributed by atoms with Gasteiger partial charge in [-0.2, -0.15) is 0 Å². The van der Waals surface area contributed by atoms with Crippen LogP contribution in [0.2, 0.25) is 0 Å². The van der Waals surface area contributed by atoms with Gasteiger partial charge in [0.2, 0.25) is 0 Å². The molecule has 1 aromatic rings. The van der Waals surface area contributed by atoms with Crippen LogP contribution >= 0.6 is 0 Å². The molecule has 1 aliphatic heterocycles. The van der Waals surface area contributed by atoms with Crippen LogP contribution in [0.15, 0.2) is 18.5 Å². The number of carbonyl (C=O) groups is 1. The van der Waals surface area contributed by atoms with Crippen LogP contribution in [0.3, 0.4) is 0 Å². The van der Waals surface area contributed by atoms with Crippen LogP contribution in [0.5, 0.6) is 0 Å². The summed E-state index contributed by atoms with van der Waals surface area (Å²) in [6.45, 7) is 4.75. The summed E-state index contributed by atoms with van der Waals surface area (Å²) < 4.78 is 13.2. The van der Waals surface area contributed by atoms with Crippen LogP contribution in [-0.4, -0.2) is 33.5 Å². The minimum Gasteiger partial charge on any atom is -0.481 e. The van der Waals surface area contributed by atoms with E-state index in [4.69, 9.17) is 5.11 Å². The number of nitrogens with zero attached hydrogens (tertiary/aromatic N) is 2. The third-order valence-electron chi connectivity index (χ3n) is 3.98. The molecule has 0 spiro atoms. The Bertz CT molecular complexity index is 467. The number of pyridine rings is 1. The SMILES string of the molecule is CC1CC(C(=O)O)CCN1C(C)c1cncc(F)c1. The first-order valence-electron chi connectivity index (χ1n) is 6.58. The lowest BCUT2D eigenvalue weighted by Gasteiger charge is -2.40. The number of hydrogen-bond donors (Lipinski definition) is 1. The Morgan fingerprint density at radius 3 is 2.89 bits per heavy atom. The van der Waals surface area contributed by atoms with E-state index in [1.807, 2.05) is 13.8 Å². The van der Waals surface area contributed by atoms with Crippen LogP contribution in [0.1, 0.15) is 38.3 Å². The number of halogens is 1. The molecule has 0 aliphatic carbocycles. The standard InChI is InChI=1S/C14H19FN2O2/c1-9-5-11(14(18)19)3-4-17(9)10(2)12-6-13(15)8-16-7-12/h6-11H,3-5H2,1-2H3,(H,18,19). The summed E-state index contributed by atoms with van der Waals surface area (Å²) in [7, 11) is 0. The lowest BCUT2D eigenvalue weighted by atomic mass is 9.90. The summed E-state index contributed by atoms with van der Waals surface area (Å²) in [5.74, 6) is -1.31. The minimum absolute atomic E-state index is 0.0490. The van der Waals surface area contributed by atoms with Gasteiger partial charge < -0.3 is 5.11 Å². The molecule has 0 bridgehead atoms. The van der Waals surface area contributed by atoms with Crippen LogP contribution in [0.4, 0.5) is 4.39 Å². The van der Waals surface area contributed by atoms with Crippen molar-refractivity contribution in [3.05, 3.63) is 29.8 Å². The van der Waals surface area contributed by atoms with Crippen LogP contribution in [-0.2, 0) is 4.79 Å². The van der Waals surface area contributed by atoms with E-state index in [-0.39, 0.29) is 23.8 Å². The van der Waals surface area contributed by atoms with E-state index < -0.39 is 5.97 Å². The highest BCUT2D eigenvalue weighted by Gasteiger charge is 2.32. The zero-order chi connectivity index (χ0) is 14.0. The average Bonchev–Trinajstić information content (AvgIpc) is 2.37.